The Kier molecular flexibility index (Phi) is 3.74. The summed E-state index contributed by atoms with van der Waals surface area (Å²) in [6.07, 6.45) is 6.50. The van der Waals surface area contributed by atoms with E-state index in [-0.39, 0.29) is 17.9 Å². The van der Waals surface area contributed by atoms with Gasteiger partial charge >= 0.3 is 0 Å². The second kappa shape index (κ2) is 5.27. The predicted octanol–water partition coefficient (Wildman–Crippen LogP) is 1.13. The molecule has 1 amide bonds. The highest BCUT2D eigenvalue weighted by molar-refractivity contribution is 5.79. The molecule has 0 aromatic carbocycles. The van der Waals surface area contributed by atoms with Crippen molar-refractivity contribution in [1.29, 1.82) is 0 Å². The number of carbonyl (C=O) groups excluding carboxylic acids is 1. The van der Waals surface area contributed by atoms with Gasteiger partial charge in [-0.2, -0.15) is 0 Å². The lowest BCUT2D eigenvalue weighted by Gasteiger charge is -2.15. The molecular weight excluding hydrogens is 214 g/mol. The number of hydrogen-bond donors (Lipinski definition) is 2. The van der Waals surface area contributed by atoms with Gasteiger partial charge in [0.15, 0.2) is 0 Å². The molecule has 1 aliphatic rings. The molecule has 0 bridgehead atoms. The number of hydrogen-bond acceptors (Lipinski definition) is 3. The Morgan fingerprint density at radius 2 is 2.41 bits per heavy atom. The summed E-state index contributed by atoms with van der Waals surface area (Å²) >= 11 is 0. The zero-order chi connectivity index (χ0) is 12.3. The number of aryl methyl sites for hydroxylation is 1. The molecule has 17 heavy (non-hydrogen) atoms. The minimum atomic E-state index is -0.00265. The van der Waals surface area contributed by atoms with Gasteiger partial charge in [0.25, 0.3) is 0 Å². The first-order valence-electron chi connectivity index (χ1n) is 6.11. The fraction of sp³-hybridized carbons (Fsp3) is 0.538. The summed E-state index contributed by atoms with van der Waals surface area (Å²) in [5.41, 5.74) is 8.12. The van der Waals surface area contributed by atoms with Crippen LogP contribution < -0.4 is 11.1 Å². The van der Waals surface area contributed by atoms with E-state index >= 15 is 0 Å². The van der Waals surface area contributed by atoms with Crippen molar-refractivity contribution in [1.82, 2.24) is 10.3 Å². The van der Waals surface area contributed by atoms with Crippen molar-refractivity contribution >= 4 is 5.91 Å². The third kappa shape index (κ3) is 2.82. The topological polar surface area (TPSA) is 68.0 Å². The van der Waals surface area contributed by atoms with Gasteiger partial charge in [-0.15, -0.1) is 0 Å². The number of nitrogens with one attached hydrogen (secondary N) is 1. The van der Waals surface area contributed by atoms with E-state index in [9.17, 15) is 4.79 Å². The Morgan fingerprint density at radius 1 is 1.59 bits per heavy atom. The Labute approximate surface area is 102 Å². The first-order valence-corrected chi connectivity index (χ1v) is 6.11. The Bertz CT molecular complexity index is 405. The lowest BCUT2D eigenvalue weighted by molar-refractivity contribution is -0.125. The highest BCUT2D eigenvalue weighted by Gasteiger charge is 2.29. The van der Waals surface area contributed by atoms with Crippen LogP contribution in [0.2, 0.25) is 0 Å². The molecule has 2 atom stereocenters. The summed E-state index contributed by atoms with van der Waals surface area (Å²) in [6.45, 7) is 2.56. The molecule has 1 aromatic rings. The summed E-state index contributed by atoms with van der Waals surface area (Å²) < 4.78 is 0. The third-order valence-electron chi connectivity index (χ3n) is 3.50. The van der Waals surface area contributed by atoms with Gasteiger partial charge in [0.05, 0.1) is 5.92 Å². The van der Waals surface area contributed by atoms with Crippen LogP contribution in [0.1, 0.15) is 30.4 Å². The normalized spacial score (nSPS) is 23.6. The maximum Gasteiger partial charge on any atom is 0.224 e. The first kappa shape index (κ1) is 12.0. The van der Waals surface area contributed by atoms with E-state index in [4.69, 9.17) is 5.73 Å². The molecule has 4 nitrogen and oxygen atoms in total. The molecule has 2 rings (SSSR count). The summed E-state index contributed by atoms with van der Waals surface area (Å²) in [5, 5.41) is 2.97. The van der Waals surface area contributed by atoms with Gasteiger partial charge in [-0.05, 0) is 37.0 Å². The Balaban J connectivity index is 1.90. The molecule has 1 aromatic heterocycles. The molecule has 4 heteroatoms. The monoisotopic (exact) mass is 233 g/mol. The van der Waals surface area contributed by atoms with E-state index < -0.39 is 0 Å². The number of nitrogens with zero attached hydrogens (tertiary/aromatic N) is 1. The largest absolute Gasteiger partial charge is 0.352 e. The van der Waals surface area contributed by atoms with Crippen LogP contribution in [0.15, 0.2) is 18.5 Å². The lowest BCUT2D eigenvalue weighted by Crippen LogP contribution is -2.38. The van der Waals surface area contributed by atoms with Gasteiger partial charge in [-0.3, -0.25) is 9.78 Å². The minimum Gasteiger partial charge on any atom is -0.352 e. The van der Waals surface area contributed by atoms with Crippen molar-refractivity contribution in [3.63, 3.8) is 0 Å². The fourth-order valence-electron chi connectivity index (χ4n) is 2.33. The van der Waals surface area contributed by atoms with Gasteiger partial charge < -0.3 is 11.1 Å². The molecule has 1 heterocycles. The van der Waals surface area contributed by atoms with Crippen LogP contribution in [0.25, 0.3) is 0 Å². The lowest BCUT2D eigenvalue weighted by atomic mass is 10.0. The van der Waals surface area contributed by atoms with E-state index in [1.165, 1.54) is 0 Å². The van der Waals surface area contributed by atoms with Gasteiger partial charge in [0, 0.05) is 25.0 Å². The second-order valence-corrected chi connectivity index (χ2v) is 4.72. The van der Waals surface area contributed by atoms with Crippen LogP contribution >= 0.6 is 0 Å². The average Bonchev–Trinajstić information content (AvgIpc) is 2.74. The molecular formula is C13H19N3O. The van der Waals surface area contributed by atoms with E-state index in [0.29, 0.717) is 6.54 Å². The van der Waals surface area contributed by atoms with Crippen molar-refractivity contribution in [3.05, 3.63) is 29.6 Å². The van der Waals surface area contributed by atoms with Crippen LogP contribution in [-0.4, -0.2) is 16.9 Å². The smallest absolute Gasteiger partial charge is 0.224 e. The number of aromatic nitrogens is 1. The molecule has 1 aliphatic carbocycles. The van der Waals surface area contributed by atoms with Gasteiger partial charge in [-0.25, -0.2) is 0 Å². The van der Waals surface area contributed by atoms with Crippen molar-refractivity contribution in [2.24, 2.45) is 11.7 Å². The highest BCUT2D eigenvalue weighted by atomic mass is 16.1. The number of pyridine rings is 1. The van der Waals surface area contributed by atoms with Crippen LogP contribution in [0.3, 0.4) is 0 Å². The third-order valence-corrected chi connectivity index (χ3v) is 3.50. The van der Waals surface area contributed by atoms with Crippen molar-refractivity contribution in [2.75, 3.05) is 0 Å². The van der Waals surface area contributed by atoms with Crippen LogP contribution in [0, 0.1) is 12.8 Å². The van der Waals surface area contributed by atoms with E-state index in [1.807, 2.05) is 19.2 Å². The number of carbonyl (C=O) groups is 1. The zero-order valence-corrected chi connectivity index (χ0v) is 10.1. The number of nitrogens with two attached hydrogens (primary N) is 1. The molecule has 92 valence electrons. The molecule has 1 saturated carbocycles. The summed E-state index contributed by atoms with van der Waals surface area (Å²) in [7, 11) is 0. The molecule has 0 spiro atoms. The molecule has 3 N–H and O–H groups in total. The Morgan fingerprint density at radius 3 is 3.06 bits per heavy atom. The van der Waals surface area contributed by atoms with Gasteiger partial charge in [0.2, 0.25) is 5.91 Å². The summed E-state index contributed by atoms with van der Waals surface area (Å²) in [4.78, 5) is 16.0. The van der Waals surface area contributed by atoms with Crippen LogP contribution in [0.4, 0.5) is 0 Å². The molecule has 0 radical (unpaired) electrons. The van der Waals surface area contributed by atoms with E-state index in [0.717, 1.165) is 30.4 Å². The van der Waals surface area contributed by atoms with E-state index in [2.05, 4.69) is 10.3 Å². The fourth-order valence-corrected chi connectivity index (χ4v) is 2.33. The summed E-state index contributed by atoms with van der Waals surface area (Å²) in [5.74, 6) is 0.0864. The second-order valence-electron chi connectivity index (χ2n) is 4.72. The van der Waals surface area contributed by atoms with Crippen molar-refractivity contribution in [2.45, 2.75) is 38.8 Å². The van der Waals surface area contributed by atoms with Crippen LogP contribution in [0.5, 0.6) is 0 Å². The van der Waals surface area contributed by atoms with E-state index in [1.54, 1.807) is 6.20 Å². The highest BCUT2D eigenvalue weighted by Crippen LogP contribution is 2.24. The van der Waals surface area contributed by atoms with Crippen molar-refractivity contribution < 1.29 is 4.79 Å². The maximum absolute atomic E-state index is 11.9. The minimum absolute atomic E-state index is 0.00265. The number of amides is 1. The van der Waals surface area contributed by atoms with Crippen LogP contribution in [-0.2, 0) is 11.3 Å². The molecule has 0 saturated heterocycles. The quantitative estimate of drug-likeness (QED) is 0.822. The predicted molar refractivity (Wildman–Crippen MR) is 66.1 cm³/mol. The SMILES string of the molecule is Cc1cnccc1CNC(=O)C1CCCC1N. The average molecular weight is 233 g/mol. The van der Waals surface area contributed by atoms with Crippen molar-refractivity contribution in [3.8, 4) is 0 Å². The number of rotatable bonds is 3. The van der Waals surface area contributed by atoms with Gasteiger partial charge in [0.1, 0.15) is 0 Å². The zero-order valence-electron chi connectivity index (χ0n) is 10.1. The molecule has 2 unspecified atom stereocenters. The van der Waals surface area contributed by atoms with Gasteiger partial charge in [-0.1, -0.05) is 6.42 Å². The molecule has 0 aliphatic heterocycles. The Hall–Kier alpha value is -1.42. The summed E-state index contributed by atoms with van der Waals surface area (Å²) in [6, 6.07) is 1.97. The first-order chi connectivity index (χ1) is 8.18. The standard InChI is InChI=1S/C13H19N3O/c1-9-7-15-6-5-10(9)8-16-13(17)11-3-2-4-12(11)14/h5-7,11-12H,2-4,8,14H2,1H3,(H,16,17). The molecule has 1 fully saturated rings. The maximum atomic E-state index is 11.9.